The molecule has 0 aliphatic carbocycles. The van der Waals surface area contributed by atoms with Crippen molar-refractivity contribution in [3.8, 4) is 22.9 Å². The Kier molecular flexibility index (Phi) is 6.73. The highest BCUT2D eigenvalue weighted by Gasteiger charge is 2.42. The van der Waals surface area contributed by atoms with E-state index in [1.807, 2.05) is 98.0 Å². The fraction of sp³-hybridized carbons (Fsp3) is 0.125. The SMILES string of the molecule is COc1cccc(-n2cccc2[C@H]2[C@@H](c3ccccn3)NC(=S)N2c2ccc(Oc3ccccc3C)cc2)c1. The minimum Gasteiger partial charge on any atom is -0.497 e. The molecule has 0 amide bonds. The summed E-state index contributed by atoms with van der Waals surface area (Å²) in [6.45, 7) is 2.04. The molecule has 2 aromatic heterocycles. The topological polar surface area (TPSA) is 51.5 Å². The molecule has 3 heterocycles. The van der Waals surface area contributed by atoms with E-state index in [0.29, 0.717) is 5.11 Å². The Hall–Kier alpha value is -4.62. The Balaban J connectivity index is 1.40. The van der Waals surface area contributed by atoms with Crippen molar-refractivity contribution in [1.29, 1.82) is 0 Å². The lowest BCUT2D eigenvalue weighted by molar-refractivity contribution is 0.414. The average Bonchev–Trinajstić information content (AvgIpc) is 3.59. The summed E-state index contributed by atoms with van der Waals surface area (Å²) in [5.41, 5.74) is 5.06. The van der Waals surface area contributed by atoms with Crippen LogP contribution in [0.4, 0.5) is 5.69 Å². The molecule has 0 radical (unpaired) electrons. The molecule has 6 rings (SSSR count). The highest BCUT2D eigenvalue weighted by molar-refractivity contribution is 7.80. The van der Waals surface area contributed by atoms with Crippen molar-refractivity contribution in [2.75, 3.05) is 12.0 Å². The molecule has 39 heavy (non-hydrogen) atoms. The Morgan fingerprint density at radius 1 is 0.821 bits per heavy atom. The zero-order chi connectivity index (χ0) is 26.8. The van der Waals surface area contributed by atoms with Gasteiger partial charge in [0.15, 0.2) is 5.11 Å². The fourth-order valence-corrected chi connectivity index (χ4v) is 5.38. The molecule has 5 aromatic rings. The van der Waals surface area contributed by atoms with Crippen LogP contribution in [0.15, 0.2) is 116 Å². The summed E-state index contributed by atoms with van der Waals surface area (Å²) < 4.78 is 13.8. The second kappa shape index (κ2) is 10.6. The lowest BCUT2D eigenvalue weighted by atomic mass is 10.0. The maximum absolute atomic E-state index is 6.15. The molecule has 0 bridgehead atoms. The van der Waals surface area contributed by atoms with E-state index in [1.54, 1.807) is 7.11 Å². The van der Waals surface area contributed by atoms with E-state index in [9.17, 15) is 0 Å². The molecule has 0 saturated carbocycles. The van der Waals surface area contributed by atoms with Crippen LogP contribution in [0.2, 0.25) is 0 Å². The third-order valence-corrected chi connectivity index (χ3v) is 7.26. The summed E-state index contributed by atoms with van der Waals surface area (Å²) in [6.07, 6.45) is 3.89. The number of pyridine rings is 1. The first kappa shape index (κ1) is 24.7. The van der Waals surface area contributed by atoms with Crippen LogP contribution < -0.4 is 19.7 Å². The maximum Gasteiger partial charge on any atom is 0.174 e. The second-order valence-electron chi connectivity index (χ2n) is 9.36. The van der Waals surface area contributed by atoms with Gasteiger partial charge in [-0.15, -0.1) is 0 Å². The maximum atomic E-state index is 6.15. The molecule has 6 nitrogen and oxygen atoms in total. The number of nitrogens with zero attached hydrogens (tertiary/aromatic N) is 3. The lowest BCUT2D eigenvalue weighted by Gasteiger charge is -2.29. The number of para-hydroxylation sites is 1. The van der Waals surface area contributed by atoms with Gasteiger partial charge in [-0.3, -0.25) is 4.98 Å². The highest BCUT2D eigenvalue weighted by atomic mass is 32.1. The summed E-state index contributed by atoms with van der Waals surface area (Å²) in [5, 5.41) is 4.19. The number of thiocarbonyl (C=S) groups is 1. The molecule has 7 heteroatoms. The number of anilines is 1. The quantitative estimate of drug-likeness (QED) is 0.225. The van der Waals surface area contributed by atoms with E-state index < -0.39 is 0 Å². The fourth-order valence-electron chi connectivity index (χ4n) is 5.04. The number of ether oxygens (including phenoxy) is 2. The molecule has 2 atom stereocenters. The van der Waals surface area contributed by atoms with Gasteiger partial charge in [0.25, 0.3) is 0 Å². The summed E-state index contributed by atoms with van der Waals surface area (Å²) in [6, 6.07) is 34.0. The zero-order valence-corrected chi connectivity index (χ0v) is 22.5. The number of hydrogen-bond donors (Lipinski definition) is 1. The van der Waals surface area contributed by atoms with Crippen molar-refractivity contribution in [2.24, 2.45) is 0 Å². The Labute approximate surface area is 233 Å². The van der Waals surface area contributed by atoms with Gasteiger partial charge in [0.2, 0.25) is 0 Å². The van der Waals surface area contributed by atoms with Crippen molar-refractivity contribution in [3.63, 3.8) is 0 Å². The van der Waals surface area contributed by atoms with Crippen LogP contribution >= 0.6 is 12.2 Å². The first-order valence-corrected chi connectivity index (χ1v) is 13.2. The van der Waals surface area contributed by atoms with Crippen LogP contribution in [0.3, 0.4) is 0 Å². The number of methoxy groups -OCH3 is 1. The third kappa shape index (κ3) is 4.84. The minimum atomic E-state index is -0.156. The van der Waals surface area contributed by atoms with Gasteiger partial charge in [-0.2, -0.15) is 0 Å². The summed E-state index contributed by atoms with van der Waals surface area (Å²) in [5.74, 6) is 2.41. The predicted molar refractivity (Wildman–Crippen MR) is 158 cm³/mol. The normalized spacial score (nSPS) is 16.7. The third-order valence-electron chi connectivity index (χ3n) is 6.95. The van der Waals surface area contributed by atoms with Gasteiger partial charge in [-0.05, 0) is 91.4 Å². The van der Waals surface area contributed by atoms with Gasteiger partial charge in [0.05, 0.1) is 18.8 Å². The van der Waals surface area contributed by atoms with Crippen LogP contribution in [-0.2, 0) is 0 Å². The molecule has 0 spiro atoms. The molecule has 194 valence electrons. The zero-order valence-electron chi connectivity index (χ0n) is 21.7. The Morgan fingerprint density at radius 3 is 2.41 bits per heavy atom. The number of benzene rings is 3. The van der Waals surface area contributed by atoms with E-state index in [0.717, 1.165) is 45.6 Å². The minimum absolute atomic E-state index is 0.152. The van der Waals surface area contributed by atoms with Crippen LogP contribution in [0.25, 0.3) is 5.69 Å². The molecule has 1 aliphatic rings. The smallest absolute Gasteiger partial charge is 0.174 e. The van der Waals surface area contributed by atoms with Crippen molar-refractivity contribution in [2.45, 2.75) is 19.0 Å². The van der Waals surface area contributed by atoms with Gasteiger partial charge in [0, 0.05) is 35.5 Å². The van der Waals surface area contributed by atoms with Gasteiger partial charge < -0.3 is 24.3 Å². The molecular weight excluding hydrogens is 504 g/mol. The van der Waals surface area contributed by atoms with Gasteiger partial charge in [0.1, 0.15) is 23.3 Å². The van der Waals surface area contributed by atoms with Crippen molar-refractivity contribution in [3.05, 3.63) is 132 Å². The van der Waals surface area contributed by atoms with Crippen molar-refractivity contribution < 1.29 is 9.47 Å². The molecule has 0 unspecified atom stereocenters. The van der Waals surface area contributed by atoms with E-state index in [2.05, 4.69) is 44.2 Å². The first-order valence-electron chi connectivity index (χ1n) is 12.8. The molecule has 3 aromatic carbocycles. The summed E-state index contributed by atoms with van der Waals surface area (Å²) in [4.78, 5) is 6.85. The van der Waals surface area contributed by atoms with Crippen molar-refractivity contribution in [1.82, 2.24) is 14.9 Å². The molecular formula is C32H28N4O2S. The average molecular weight is 533 g/mol. The van der Waals surface area contributed by atoms with E-state index >= 15 is 0 Å². The number of aromatic nitrogens is 2. The highest BCUT2D eigenvalue weighted by Crippen LogP contribution is 2.43. The number of nitrogens with one attached hydrogen (secondary N) is 1. The molecule has 1 saturated heterocycles. The molecule has 1 aliphatic heterocycles. The van der Waals surface area contributed by atoms with E-state index in [-0.39, 0.29) is 12.1 Å². The van der Waals surface area contributed by atoms with Crippen LogP contribution in [-0.4, -0.2) is 21.8 Å². The summed E-state index contributed by atoms with van der Waals surface area (Å²) >= 11 is 5.93. The van der Waals surface area contributed by atoms with E-state index in [4.69, 9.17) is 21.7 Å². The Morgan fingerprint density at radius 2 is 1.64 bits per heavy atom. The van der Waals surface area contributed by atoms with Crippen LogP contribution in [0.5, 0.6) is 17.2 Å². The van der Waals surface area contributed by atoms with Crippen LogP contribution in [0, 0.1) is 6.92 Å². The monoisotopic (exact) mass is 532 g/mol. The van der Waals surface area contributed by atoms with Crippen molar-refractivity contribution >= 4 is 23.0 Å². The lowest BCUT2D eigenvalue weighted by Crippen LogP contribution is -2.30. The number of hydrogen-bond acceptors (Lipinski definition) is 4. The number of aryl methyl sites for hydroxylation is 1. The standard InChI is InChI=1S/C32H28N4O2S/c1-22-9-3-4-14-29(22)38-25-17-15-23(16-18-25)36-31(30(34-32(36)39)27-12-5-6-19-33-27)28-13-8-20-35(28)24-10-7-11-26(21-24)37-2/h3-21,30-31H,1-2H3,(H,34,39)/t30-,31+/m1/s1. The molecule has 1 N–H and O–H groups in total. The first-order chi connectivity index (χ1) is 19.1. The van der Waals surface area contributed by atoms with Gasteiger partial charge >= 0.3 is 0 Å². The predicted octanol–water partition coefficient (Wildman–Crippen LogP) is 7.16. The van der Waals surface area contributed by atoms with Gasteiger partial charge in [-0.25, -0.2) is 0 Å². The van der Waals surface area contributed by atoms with E-state index in [1.165, 1.54) is 0 Å². The van der Waals surface area contributed by atoms with Crippen LogP contribution in [0.1, 0.15) is 29.0 Å². The number of rotatable bonds is 7. The second-order valence-corrected chi connectivity index (χ2v) is 9.75. The molecule has 1 fully saturated rings. The largest absolute Gasteiger partial charge is 0.497 e. The van der Waals surface area contributed by atoms with Gasteiger partial charge in [-0.1, -0.05) is 30.3 Å². The summed E-state index contributed by atoms with van der Waals surface area (Å²) in [7, 11) is 1.68. The Bertz CT molecular complexity index is 1600.